The Morgan fingerprint density at radius 2 is 1.79 bits per heavy atom. The molecule has 2 aromatic carbocycles. The zero-order valence-corrected chi connectivity index (χ0v) is 19.6. The van der Waals surface area contributed by atoms with Gasteiger partial charge in [-0.25, -0.2) is 4.98 Å². The summed E-state index contributed by atoms with van der Waals surface area (Å²) in [4.78, 5) is 29.6. The largest absolute Gasteiger partial charge is 0.469 e. The van der Waals surface area contributed by atoms with Crippen LogP contribution >= 0.6 is 0 Å². The Bertz CT molecular complexity index is 1180. The lowest BCUT2D eigenvalue weighted by Crippen LogP contribution is -2.42. The highest BCUT2D eigenvalue weighted by atomic mass is 16.5. The number of nitrogens with one attached hydrogen (secondary N) is 1. The van der Waals surface area contributed by atoms with Crippen molar-refractivity contribution in [2.75, 3.05) is 7.11 Å². The van der Waals surface area contributed by atoms with Crippen LogP contribution in [0.1, 0.15) is 52.6 Å². The van der Waals surface area contributed by atoms with Crippen LogP contribution in [0.15, 0.2) is 72.9 Å². The van der Waals surface area contributed by atoms with Crippen LogP contribution in [0, 0.1) is 17.8 Å². The van der Waals surface area contributed by atoms with Gasteiger partial charge in [0.1, 0.15) is 5.69 Å². The lowest BCUT2D eigenvalue weighted by atomic mass is 9.91. The number of aromatic nitrogens is 1. The van der Waals surface area contributed by atoms with E-state index in [0.717, 1.165) is 16.7 Å². The van der Waals surface area contributed by atoms with Gasteiger partial charge in [-0.15, -0.1) is 0 Å². The number of ether oxygens (including phenoxy) is 1. The zero-order valence-electron chi connectivity index (χ0n) is 19.6. The molecule has 6 nitrogen and oxygen atoms in total. The maximum atomic E-state index is 12.8. The molecule has 3 N–H and O–H groups in total. The average molecular weight is 456 g/mol. The summed E-state index contributed by atoms with van der Waals surface area (Å²) in [6, 6.07) is 20.2. The SMILES string of the molecule is COC(=O)C(Cc1cccc(C(C)N)c1)C(C)NC(=O)c1ccc(C#Cc2ccccc2)nc1. The molecule has 3 aromatic rings. The topological polar surface area (TPSA) is 94.3 Å². The smallest absolute Gasteiger partial charge is 0.311 e. The Labute approximate surface area is 200 Å². The van der Waals surface area contributed by atoms with Crippen molar-refractivity contribution in [1.82, 2.24) is 10.3 Å². The molecule has 0 saturated carbocycles. The fourth-order valence-corrected chi connectivity index (χ4v) is 3.52. The van der Waals surface area contributed by atoms with Crippen LogP contribution in [0.5, 0.6) is 0 Å². The lowest BCUT2D eigenvalue weighted by Gasteiger charge is -2.23. The van der Waals surface area contributed by atoms with Crippen molar-refractivity contribution >= 4 is 11.9 Å². The van der Waals surface area contributed by atoms with Crippen LogP contribution in [0.2, 0.25) is 0 Å². The summed E-state index contributed by atoms with van der Waals surface area (Å²) in [5.41, 5.74) is 9.77. The molecule has 3 rings (SSSR count). The first kappa shape index (κ1) is 24.7. The number of esters is 1. The van der Waals surface area contributed by atoms with E-state index in [4.69, 9.17) is 10.5 Å². The fourth-order valence-electron chi connectivity index (χ4n) is 3.52. The van der Waals surface area contributed by atoms with Gasteiger partial charge in [-0.3, -0.25) is 9.59 Å². The van der Waals surface area contributed by atoms with Crippen LogP contribution < -0.4 is 11.1 Å². The van der Waals surface area contributed by atoms with Gasteiger partial charge in [0.05, 0.1) is 18.6 Å². The minimum atomic E-state index is -0.554. The van der Waals surface area contributed by atoms with Crippen molar-refractivity contribution in [1.29, 1.82) is 0 Å². The Morgan fingerprint density at radius 3 is 2.44 bits per heavy atom. The number of carbonyl (C=O) groups excluding carboxylic acids is 2. The summed E-state index contributed by atoms with van der Waals surface area (Å²) in [7, 11) is 1.35. The lowest BCUT2D eigenvalue weighted by molar-refractivity contribution is -0.146. The molecule has 0 saturated heterocycles. The van der Waals surface area contributed by atoms with Gasteiger partial charge < -0.3 is 15.8 Å². The normalized spacial score (nSPS) is 13.1. The highest BCUT2D eigenvalue weighted by Gasteiger charge is 2.28. The number of carbonyl (C=O) groups is 2. The highest BCUT2D eigenvalue weighted by Crippen LogP contribution is 2.18. The second kappa shape index (κ2) is 11.8. The van der Waals surface area contributed by atoms with Crippen LogP contribution in [-0.4, -0.2) is 30.0 Å². The van der Waals surface area contributed by atoms with Gasteiger partial charge in [-0.1, -0.05) is 48.4 Å². The zero-order chi connectivity index (χ0) is 24.5. The van der Waals surface area contributed by atoms with E-state index in [2.05, 4.69) is 22.1 Å². The van der Waals surface area contributed by atoms with E-state index in [0.29, 0.717) is 17.7 Å². The maximum Gasteiger partial charge on any atom is 0.311 e. The molecule has 1 amide bonds. The fraction of sp³-hybridized carbons (Fsp3) is 0.250. The van der Waals surface area contributed by atoms with Gasteiger partial charge in [-0.05, 0) is 61.6 Å². The standard InChI is InChI=1S/C28H29N3O3/c1-19(29)23-11-7-10-22(16-23)17-26(28(33)34-3)20(2)31-27(32)24-13-15-25(30-18-24)14-12-21-8-5-4-6-9-21/h4-11,13,15-16,18-20,26H,17,29H2,1-3H3,(H,31,32). The second-order valence-electron chi connectivity index (χ2n) is 8.18. The Hall–Kier alpha value is -3.95. The van der Waals surface area contributed by atoms with E-state index in [1.165, 1.54) is 13.3 Å². The first-order valence-electron chi connectivity index (χ1n) is 11.1. The summed E-state index contributed by atoms with van der Waals surface area (Å²) < 4.78 is 5.01. The third-order valence-electron chi connectivity index (χ3n) is 5.53. The molecule has 0 aliphatic rings. The van der Waals surface area contributed by atoms with Crippen molar-refractivity contribution < 1.29 is 14.3 Å². The van der Waals surface area contributed by atoms with Crippen molar-refractivity contribution in [3.63, 3.8) is 0 Å². The minimum Gasteiger partial charge on any atom is -0.469 e. The molecule has 174 valence electrons. The number of hydrogen-bond acceptors (Lipinski definition) is 5. The van der Waals surface area contributed by atoms with Crippen LogP contribution in [0.4, 0.5) is 0 Å². The first-order chi connectivity index (χ1) is 16.4. The molecule has 3 atom stereocenters. The molecule has 0 radical (unpaired) electrons. The van der Waals surface area contributed by atoms with E-state index in [1.54, 1.807) is 19.1 Å². The summed E-state index contributed by atoms with van der Waals surface area (Å²) in [6.45, 7) is 3.70. The van der Waals surface area contributed by atoms with Crippen LogP contribution in [0.3, 0.4) is 0 Å². The summed E-state index contributed by atoms with van der Waals surface area (Å²) >= 11 is 0. The molecule has 6 heteroatoms. The molecule has 0 aliphatic heterocycles. The average Bonchev–Trinajstić information content (AvgIpc) is 2.86. The Morgan fingerprint density at radius 1 is 1.03 bits per heavy atom. The number of pyridine rings is 1. The molecule has 0 bridgehead atoms. The predicted molar refractivity (Wildman–Crippen MR) is 132 cm³/mol. The number of methoxy groups -OCH3 is 1. The Kier molecular flexibility index (Phi) is 8.55. The number of nitrogens with two attached hydrogens (primary N) is 1. The van der Waals surface area contributed by atoms with Crippen molar-refractivity contribution in [3.05, 3.63) is 101 Å². The van der Waals surface area contributed by atoms with Crippen LogP contribution in [0.25, 0.3) is 0 Å². The molecule has 1 heterocycles. The van der Waals surface area contributed by atoms with Gasteiger partial charge >= 0.3 is 5.97 Å². The van der Waals surface area contributed by atoms with E-state index < -0.39 is 12.0 Å². The quantitative estimate of drug-likeness (QED) is 0.419. The molecule has 3 unspecified atom stereocenters. The van der Waals surface area contributed by atoms with Gasteiger partial charge in [-0.2, -0.15) is 0 Å². The molecule has 0 aliphatic carbocycles. The predicted octanol–water partition coefficient (Wildman–Crippen LogP) is 3.65. The van der Waals surface area contributed by atoms with Crippen molar-refractivity contribution in [2.24, 2.45) is 11.7 Å². The third kappa shape index (κ3) is 6.77. The summed E-state index contributed by atoms with van der Waals surface area (Å²) in [5, 5.41) is 2.91. The van der Waals surface area contributed by atoms with Gasteiger partial charge in [0.25, 0.3) is 5.91 Å². The highest BCUT2D eigenvalue weighted by molar-refractivity contribution is 5.94. The monoisotopic (exact) mass is 455 g/mol. The number of rotatable bonds is 7. The molecular formula is C28H29N3O3. The molecule has 0 fully saturated rings. The van der Waals surface area contributed by atoms with Gasteiger partial charge in [0.15, 0.2) is 0 Å². The first-order valence-corrected chi connectivity index (χ1v) is 11.1. The van der Waals surface area contributed by atoms with Gasteiger partial charge in [0, 0.05) is 23.8 Å². The van der Waals surface area contributed by atoms with E-state index in [9.17, 15) is 9.59 Å². The minimum absolute atomic E-state index is 0.110. The molecule has 0 spiro atoms. The molecule has 34 heavy (non-hydrogen) atoms. The van der Waals surface area contributed by atoms with Crippen molar-refractivity contribution in [3.8, 4) is 11.8 Å². The maximum absolute atomic E-state index is 12.8. The number of nitrogens with zero attached hydrogens (tertiary/aromatic N) is 1. The van der Waals surface area contributed by atoms with Gasteiger partial charge in [0.2, 0.25) is 0 Å². The van der Waals surface area contributed by atoms with E-state index >= 15 is 0 Å². The second-order valence-corrected chi connectivity index (χ2v) is 8.18. The number of benzene rings is 2. The number of amides is 1. The van der Waals surface area contributed by atoms with E-state index in [1.807, 2.05) is 61.5 Å². The molecular weight excluding hydrogens is 426 g/mol. The molecule has 1 aromatic heterocycles. The number of hydrogen-bond donors (Lipinski definition) is 2. The van der Waals surface area contributed by atoms with Crippen molar-refractivity contribution in [2.45, 2.75) is 32.4 Å². The Balaban J connectivity index is 1.68. The van der Waals surface area contributed by atoms with Crippen LogP contribution in [-0.2, 0) is 16.0 Å². The van der Waals surface area contributed by atoms with E-state index in [-0.39, 0.29) is 17.9 Å². The summed E-state index contributed by atoms with van der Waals surface area (Å²) in [5.74, 6) is 4.76. The summed E-state index contributed by atoms with van der Waals surface area (Å²) in [6.07, 6.45) is 1.90. The third-order valence-corrected chi connectivity index (χ3v) is 5.53.